The molecule has 2 aromatic carbocycles. The third-order valence-corrected chi connectivity index (χ3v) is 6.45. The normalized spacial score (nSPS) is 11.7. The first kappa shape index (κ1) is 21.8. The number of carbonyl (C=O) groups excluding carboxylic acids is 3. The molecule has 6 nitrogen and oxygen atoms in total. The Bertz CT molecular complexity index is 1360. The number of nitrogens with zero attached hydrogens (tertiary/aromatic N) is 1. The lowest BCUT2D eigenvalue weighted by atomic mass is 9.94. The van der Waals surface area contributed by atoms with Crippen molar-refractivity contribution in [3.8, 4) is 0 Å². The zero-order chi connectivity index (χ0) is 23.2. The fourth-order valence-electron chi connectivity index (χ4n) is 3.74. The Morgan fingerprint density at radius 2 is 1.59 bits per heavy atom. The van der Waals surface area contributed by atoms with Crippen molar-refractivity contribution in [3.63, 3.8) is 0 Å². The van der Waals surface area contributed by atoms with Crippen molar-refractivity contribution in [1.82, 2.24) is 4.98 Å². The summed E-state index contributed by atoms with van der Waals surface area (Å²) >= 11 is 1.16. The number of para-hydroxylation sites is 1. The number of anilines is 1. The van der Waals surface area contributed by atoms with Crippen LogP contribution < -0.4 is 5.32 Å². The third kappa shape index (κ3) is 3.92. The van der Waals surface area contributed by atoms with Crippen LogP contribution in [0.4, 0.5) is 5.82 Å². The summed E-state index contributed by atoms with van der Waals surface area (Å²) in [6.45, 7) is 6.27. The molecular weight excluding hydrogens is 424 g/mol. The van der Waals surface area contributed by atoms with Gasteiger partial charge in [0.15, 0.2) is 11.6 Å². The van der Waals surface area contributed by atoms with E-state index in [0.717, 1.165) is 16.7 Å². The number of rotatable bonds is 5. The van der Waals surface area contributed by atoms with E-state index in [1.54, 1.807) is 38.1 Å². The Morgan fingerprint density at radius 1 is 0.938 bits per heavy atom. The van der Waals surface area contributed by atoms with Gasteiger partial charge in [0.25, 0.3) is 5.91 Å². The van der Waals surface area contributed by atoms with Crippen molar-refractivity contribution in [2.75, 3.05) is 5.32 Å². The molecule has 0 saturated heterocycles. The van der Waals surface area contributed by atoms with Gasteiger partial charge in [-0.3, -0.25) is 14.4 Å². The Kier molecular flexibility index (Phi) is 5.40. The molecule has 162 valence electrons. The van der Waals surface area contributed by atoms with Gasteiger partial charge >= 0.3 is 0 Å². The van der Waals surface area contributed by atoms with Crippen LogP contribution in [0.2, 0.25) is 0 Å². The Balaban J connectivity index is 1.79. The summed E-state index contributed by atoms with van der Waals surface area (Å²) in [6, 6.07) is 13.9. The minimum atomic E-state index is -1.13. The van der Waals surface area contributed by atoms with Gasteiger partial charge in [-0.15, -0.1) is 11.3 Å². The molecule has 0 radical (unpaired) electrons. The standard InChI is InChI=1S/C25H22N2O4S/c1-13(28)15-9-10-16(14(2)29)23-18(15)11-21(32-23)24(30)27-22-12-19(25(3,4)31)17-7-5-6-8-20(17)26-22/h5-12,31H,1-4H3,(H,26,27,30). The number of fused-ring (bicyclic) bond motifs is 2. The number of pyridine rings is 1. The molecule has 0 fully saturated rings. The van der Waals surface area contributed by atoms with E-state index in [2.05, 4.69) is 10.3 Å². The van der Waals surface area contributed by atoms with E-state index >= 15 is 0 Å². The maximum atomic E-state index is 13.1. The van der Waals surface area contributed by atoms with E-state index in [0.29, 0.717) is 43.0 Å². The molecule has 2 aromatic heterocycles. The minimum Gasteiger partial charge on any atom is -0.386 e. The second-order valence-corrected chi connectivity index (χ2v) is 9.26. The van der Waals surface area contributed by atoms with Gasteiger partial charge < -0.3 is 10.4 Å². The second kappa shape index (κ2) is 7.93. The van der Waals surface area contributed by atoms with Crippen molar-refractivity contribution in [2.45, 2.75) is 33.3 Å². The molecule has 0 aliphatic rings. The zero-order valence-corrected chi connectivity index (χ0v) is 19.0. The molecule has 32 heavy (non-hydrogen) atoms. The molecule has 0 aliphatic heterocycles. The first-order valence-corrected chi connectivity index (χ1v) is 10.9. The molecule has 0 bridgehead atoms. The lowest BCUT2D eigenvalue weighted by molar-refractivity contribution is 0.0801. The maximum absolute atomic E-state index is 13.1. The number of carbonyl (C=O) groups is 3. The van der Waals surface area contributed by atoms with Gasteiger partial charge in [-0.05, 0) is 63.6 Å². The molecule has 1 amide bonds. The highest BCUT2D eigenvalue weighted by Gasteiger charge is 2.22. The van der Waals surface area contributed by atoms with E-state index in [9.17, 15) is 19.5 Å². The molecule has 0 aliphatic carbocycles. The topological polar surface area (TPSA) is 96.4 Å². The fraction of sp³-hybridized carbons (Fsp3) is 0.200. The number of aromatic nitrogens is 1. The van der Waals surface area contributed by atoms with Crippen LogP contribution in [0.5, 0.6) is 0 Å². The largest absolute Gasteiger partial charge is 0.386 e. The van der Waals surface area contributed by atoms with Crippen molar-refractivity contribution >= 4 is 55.6 Å². The number of hydrogen-bond acceptors (Lipinski definition) is 6. The summed E-state index contributed by atoms with van der Waals surface area (Å²) in [5.74, 6) is -0.368. The number of Topliss-reactive ketones (excluding diaryl/α,β-unsaturated/α-hetero) is 2. The van der Waals surface area contributed by atoms with Crippen molar-refractivity contribution in [1.29, 1.82) is 0 Å². The van der Waals surface area contributed by atoms with Crippen molar-refractivity contribution in [2.24, 2.45) is 0 Å². The Morgan fingerprint density at radius 3 is 2.25 bits per heavy atom. The van der Waals surface area contributed by atoms with Gasteiger partial charge in [0.1, 0.15) is 5.82 Å². The minimum absolute atomic E-state index is 0.134. The molecular formula is C25H22N2O4S. The molecule has 0 unspecified atom stereocenters. The maximum Gasteiger partial charge on any atom is 0.266 e. The van der Waals surface area contributed by atoms with Crippen LogP contribution in [0.25, 0.3) is 21.0 Å². The number of nitrogens with one attached hydrogen (secondary N) is 1. The highest BCUT2D eigenvalue weighted by Crippen LogP contribution is 2.34. The fourth-order valence-corrected chi connectivity index (χ4v) is 4.88. The molecule has 0 saturated carbocycles. The molecule has 4 rings (SSSR count). The summed E-state index contributed by atoms with van der Waals surface area (Å²) in [5, 5.41) is 14.8. The second-order valence-electron chi connectivity index (χ2n) is 8.21. The number of hydrogen-bond donors (Lipinski definition) is 2. The first-order valence-electron chi connectivity index (χ1n) is 10.1. The molecule has 2 N–H and O–H groups in total. The van der Waals surface area contributed by atoms with Crippen LogP contribution >= 0.6 is 11.3 Å². The Hall–Kier alpha value is -3.42. The zero-order valence-electron chi connectivity index (χ0n) is 18.1. The highest BCUT2D eigenvalue weighted by molar-refractivity contribution is 7.21. The summed E-state index contributed by atoms with van der Waals surface area (Å²) in [7, 11) is 0. The number of amides is 1. The van der Waals surface area contributed by atoms with E-state index in [1.807, 2.05) is 24.3 Å². The SMILES string of the molecule is CC(=O)c1ccc(C(C)=O)c2sc(C(=O)Nc3cc(C(C)(C)O)c4ccccc4n3)cc12. The average Bonchev–Trinajstić information content (AvgIpc) is 3.16. The van der Waals surface area contributed by atoms with E-state index in [4.69, 9.17) is 0 Å². The number of aliphatic hydroxyl groups is 1. The number of benzene rings is 2. The molecule has 7 heteroatoms. The molecule has 0 atom stereocenters. The van der Waals surface area contributed by atoms with Crippen molar-refractivity contribution < 1.29 is 19.5 Å². The van der Waals surface area contributed by atoms with E-state index in [1.165, 1.54) is 13.8 Å². The monoisotopic (exact) mass is 446 g/mol. The van der Waals surface area contributed by atoms with Crippen LogP contribution in [0.1, 0.15) is 63.6 Å². The molecule has 2 heterocycles. The average molecular weight is 447 g/mol. The van der Waals surface area contributed by atoms with Gasteiger partial charge in [0.2, 0.25) is 0 Å². The third-order valence-electron chi connectivity index (χ3n) is 5.28. The van der Waals surface area contributed by atoms with Gasteiger partial charge in [0, 0.05) is 26.6 Å². The number of ketones is 2. The quantitative estimate of drug-likeness (QED) is 0.404. The summed E-state index contributed by atoms with van der Waals surface area (Å²) < 4.78 is 0.610. The van der Waals surface area contributed by atoms with Gasteiger partial charge in [-0.25, -0.2) is 4.98 Å². The predicted octanol–water partition coefficient (Wildman–Crippen LogP) is 5.33. The van der Waals surface area contributed by atoms with Gasteiger partial charge in [-0.2, -0.15) is 0 Å². The van der Waals surface area contributed by atoms with Crippen LogP contribution in [-0.4, -0.2) is 27.6 Å². The van der Waals surface area contributed by atoms with Crippen LogP contribution in [-0.2, 0) is 5.60 Å². The van der Waals surface area contributed by atoms with E-state index < -0.39 is 11.5 Å². The van der Waals surface area contributed by atoms with E-state index in [-0.39, 0.29) is 11.6 Å². The Labute approximate surface area is 188 Å². The lowest BCUT2D eigenvalue weighted by Crippen LogP contribution is -2.18. The van der Waals surface area contributed by atoms with Crippen molar-refractivity contribution in [3.05, 3.63) is 70.1 Å². The molecule has 0 spiro atoms. The highest BCUT2D eigenvalue weighted by atomic mass is 32.1. The summed E-state index contributed by atoms with van der Waals surface area (Å²) in [6.07, 6.45) is 0. The predicted molar refractivity (Wildman–Crippen MR) is 127 cm³/mol. The lowest BCUT2D eigenvalue weighted by Gasteiger charge is -2.21. The van der Waals surface area contributed by atoms with Gasteiger partial charge in [-0.1, -0.05) is 18.2 Å². The van der Waals surface area contributed by atoms with Crippen LogP contribution in [0, 0.1) is 0 Å². The van der Waals surface area contributed by atoms with Crippen LogP contribution in [0.15, 0.2) is 48.5 Å². The van der Waals surface area contributed by atoms with Crippen LogP contribution in [0.3, 0.4) is 0 Å². The first-order chi connectivity index (χ1) is 15.1. The van der Waals surface area contributed by atoms with Gasteiger partial charge in [0.05, 0.1) is 16.0 Å². The molecule has 4 aromatic rings. The summed E-state index contributed by atoms with van der Waals surface area (Å²) in [5.41, 5.74) is 1.10. The summed E-state index contributed by atoms with van der Waals surface area (Å²) in [4.78, 5) is 42.0. The number of thiophene rings is 1. The smallest absolute Gasteiger partial charge is 0.266 e.